The third kappa shape index (κ3) is 6.14. The molecule has 0 bridgehead atoms. The van der Waals surface area contributed by atoms with E-state index in [1.54, 1.807) is 7.11 Å². The fraction of sp³-hybridized carbons (Fsp3) is 0.727. The number of hydrogen-bond acceptors (Lipinski definition) is 7. The molecule has 0 saturated heterocycles. The minimum Gasteiger partial charge on any atom is -0.468 e. The lowest BCUT2D eigenvalue weighted by Crippen LogP contribution is -2.48. The van der Waals surface area contributed by atoms with E-state index in [1.807, 2.05) is 0 Å². The average Bonchev–Trinajstić information content (AvgIpc) is 2.72. The minimum atomic E-state index is -0.551. The monoisotopic (exact) mass is 404 g/mol. The lowest BCUT2D eigenvalue weighted by atomic mass is 9.76. The van der Waals surface area contributed by atoms with Gasteiger partial charge in [0, 0.05) is 38.5 Å². The molecule has 7 heteroatoms. The molecule has 1 saturated carbocycles. The number of hydrogen-bond donors (Lipinski definition) is 2. The van der Waals surface area contributed by atoms with Gasteiger partial charge in [-0.3, -0.25) is 9.69 Å². The number of aromatic nitrogens is 1. The summed E-state index contributed by atoms with van der Waals surface area (Å²) in [5, 5.41) is 3.42. The molecule has 1 atom stereocenters. The number of fused-ring (bicyclic) bond motifs is 1. The normalized spacial score (nSPS) is 21.8. The van der Waals surface area contributed by atoms with Crippen LogP contribution < -0.4 is 11.1 Å². The van der Waals surface area contributed by atoms with Crippen molar-refractivity contribution in [3.63, 3.8) is 0 Å². The van der Waals surface area contributed by atoms with Gasteiger partial charge in [-0.25, -0.2) is 4.98 Å². The Labute approximate surface area is 174 Å². The van der Waals surface area contributed by atoms with Crippen molar-refractivity contribution in [1.29, 1.82) is 0 Å². The van der Waals surface area contributed by atoms with Gasteiger partial charge in [0.15, 0.2) is 0 Å². The molecule has 1 fully saturated rings. The number of ether oxygens (including phenoxy) is 2. The van der Waals surface area contributed by atoms with Gasteiger partial charge < -0.3 is 20.5 Å². The first-order valence-electron chi connectivity index (χ1n) is 10.9. The van der Waals surface area contributed by atoms with E-state index >= 15 is 0 Å². The van der Waals surface area contributed by atoms with Gasteiger partial charge >= 0.3 is 5.97 Å². The van der Waals surface area contributed by atoms with Crippen LogP contribution in [-0.2, 0) is 27.1 Å². The Morgan fingerprint density at radius 3 is 2.93 bits per heavy atom. The van der Waals surface area contributed by atoms with Crippen LogP contribution in [0.3, 0.4) is 0 Å². The van der Waals surface area contributed by atoms with Gasteiger partial charge in [-0.1, -0.05) is 6.07 Å². The van der Waals surface area contributed by atoms with E-state index in [9.17, 15) is 4.79 Å². The van der Waals surface area contributed by atoms with Crippen LogP contribution in [0.15, 0.2) is 12.1 Å². The minimum absolute atomic E-state index is 0.338. The van der Waals surface area contributed by atoms with Crippen LogP contribution in [0, 0.1) is 5.92 Å². The van der Waals surface area contributed by atoms with Gasteiger partial charge in [0.05, 0.1) is 13.7 Å². The van der Waals surface area contributed by atoms with Crippen molar-refractivity contribution < 1.29 is 14.3 Å². The Hall–Kier alpha value is -1.70. The van der Waals surface area contributed by atoms with E-state index in [0.717, 1.165) is 44.2 Å². The van der Waals surface area contributed by atoms with Crippen molar-refractivity contribution in [3.05, 3.63) is 23.4 Å². The molecule has 1 unspecified atom stereocenters. The number of aryl methyl sites for hydroxylation is 2. The number of nitrogens with one attached hydrogen (secondary N) is 1. The van der Waals surface area contributed by atoms with E-state index in [4.69, 9.17) is 20.2 Å². The summed E-state index contributed by atoms with van der Waals surface area (Å²) in [7, 11) is 3.11. The van der Waals surface area contributed by atoms with Gasteiger partial charge in [0.1, 0.15) is 11.9 Å². The van der Waals surface area contributed by atoms with Crippen LogP contribution in [0.4, 0.5) is 5.82 Å². The second-order valence-electron chi connectivity index (χ2n) is 8.32. The first-order chi connectivity index (χ1) is 14.1. The van der Waals surface area contributed by atoms with E-state index in [2.05, 4.69) is 22.3 Å². The number of nitrogens with two attached hydrogens (primary N) is 1. The SMILES string of the molecule is COCCN(CCC(N)C(=O)OC)C1CC(CCc2ccc3c(n2)NCCC3)C1. The molecule has 0 aromatic carbocycles. The molecule has 2 heterocycles. The second-order valence-corrected chi connectivity index (χ2v) is 8.32. The smallest absolute Gasteiger partial charge is 0.322 e. The summed E-state index contributed by atoms with van der Waals surface area (Å²) in [4.78, 5) is 18.8. The number of esters is 1. The number of carbonyl (C=O) groups is 1. The average molecular weight is 405 g/mol. The van der Waals surface area contributed by atoms with Crippen LogP contribution in [0.5, 0.6) is 0 Å². The lowest BCUT2D eigenvalue weighted by Gasteiger charge is -2.43. The molecular weight excluding hydrogens is 368 g/mol. The highest BCUT2D eigenvalue weighted by atomic mass is 16.5. The zero-order chi connectivity index (χ0) is 20.6. The summed E-state index contributed by atoms with van der Waals surface area (Å²) >= 11 is 0. The first-order valence-corrected chi connectivity index (χ1v) is 10.9. The Kier molecular flexibility index (Phi) is 8.27. The number of methoxy groups -OCH3 is 2. The third-order valence-corrected chi connectivity index (χ3v) is 6.30. The molecule has 0 amide bonds. The first kappa shape index (κ1) is 22.0. The number of rotatable bonds is 11. The number of nitrogens with zero attached hydrogens (tertiary/aromatic N) is 2. The predicted octanol–water partition coefficient (Wildman–Crippen LogP) is 1.99. The zero-order valence-corrected chi connectivity index (χ0v) is 17.9. The number of pyridine rings is 1. The topological polar surface area (TPSA) is 89.7 Å². The summed E-state index contributed by atoms with van der Waals surface area (Å²) in [5.74, 6) is 1.49. The van der Waals surface area contributed by atoms with Crippen molar-refractivity contribution in [3.8, 4) is 0 Å². The maximum atomic E-state index is 11.6. The molecule has 1 aliphatic heterocycles. The van der Waals surface area contributed by atoms with Crippen LogP contribution in [0.25, 0.3) is 0 Å². The van der Waals surface area contributed by atoms with Gasteiger partial charge in [-0.2, -0.15) is 0 Å². The molecule has 2 aliphatic rings. The highest BCUT2D eigenvalue weighted by Crippen LogP contribution is 2.35. The molecular formula is C22H36N4O3. The van der Waals surface area contributed by atoms with Crippen molar-refractivity contribution >= 4 is 11.8 Å². The number of anilines is 1. The molecule has 0 radical (unpaired) electrons. The number of carbonyl (C=O) groups excluding carboxylic acids is 1. The summed E-state index contributed by atoms with van der Waals surface area (Å²) in [5.41, 5.74) is 8.45. The Bertz CT molecular complexity index is 663. The van der Waals surface area contributed by atoms with Crippen molar-refractivity contribution in [1.82, 2.24) is 9.88 Å². The maximum absolute atomic E-state index is 11.6. The zero-order valence-electron chi connectivity index (χ0n) is 17.9. The molecule has 3 rings (SSSR count). The van der Waals surface area contributed by atoms with E-state index < -0.39 is 6.04 Å². The third-order valence-electron chi connectivity index (χ3n) is 6.30. The van der Waals surface area contributed by atoms with E-state index in [-0.39, 0.29) is 5.97 Å². The van der Waals surface area contributed by atoms with E-state index in [1.165, 1.54) is 44.1 Å². The largest absolute Gasteiger partial charge is 0.468 e. The summed E-state index contributed by atoms with van der Waals surface area (Å²) in [6.45, 7) is 3.40. The lowest BCUT2D eigenvalue weighted by molar-refractivity contribution is -0.142. The van der Waals surface area contributed by atoms with Gasteiger partial charge in [0.2, 0.25) is 0 Å². The Morgan fingerprint density at radius 2 is 2.17 bits per heavy atom. The van der Waals surface area contributed by atoms with Gasteiger partial charge in [0.25, 0.3) is 0 Å². The fourth-order valence-electron chi connectivity index (χ4n) is 4.35. The quantitative estimate of drug-likeness (QED) is 0.545. The molecule has 3 N–H and O–H groups in total. The van der Waals surface area contributed by atoms with Crippen LogP contribution in [-0.4, -0.2) is 68.4 Å². The Morgan fingerprint density at radius 1 is 1.34 bits per heavy atom. The molecule has 1 aromatic rings. The van der Waals surface area contributed by atoms with Crippen molar-refractivity contribution in [2.24, 2.45) is 11.7 Å². The Balaban J connectivity index is 1.42. The summed E-state index contributed by atoms with van der Waals surface area (Å²) in [6.07, 6.45) is 7.56. The van der Waals surface area contributed by atoms with Crippen molar-refractivity contribution in [2.75, 3.05) is 45.8 Å². The predicted molar refractivity (Wildman–Crippen MR) is 114 cm³/mol. The highest BCUT2D eigenvalue weighted by molar-refractivity contribution is 5.75. The maximum Gasteiger partial charge on any atom is 0.322 e. The molecule has 162 valence electrons. The highest BCUT2D eigenvalue weighted by Gasteiger charge is 2.33. The molecule has 1 aromatic heterocycles. The summed E-state index contributed by atoms with van der Waals surface area (Å²) < 4.78 is 10.00. The fourth-order valence-corrected chi connectivity index (χ4v) is 4.35. The molecule has 0 spiro atoms. The molecule has 1 aliphatic carbocycles. The van der Waals surface area contributed by atoms with Crippen molar-refractivity contribution in [2.45, 2.75) is 57.0 Å². The van der Waals surface area contributed by atoms with Gasteiger partial charge in [-0.05, 0) is 62.5 Å². The second kappa shape index (κ2) is 10.9. The molecule has 29 heavy (non-hydrogen) atoms. The van der Waals surface area contributed by atoms with Crippen LogP contribution in [0.2, 0.25) is 0 Å². The standard InChI is InChI=1S/C22H36N4O3/c1-28-13-12-26(11-9-20(23)22(27)29-2)19-14-16(15-19)5-7-18-8-6-17-4-3-10-24-21(17)25-18/h6,8,16,19-20H,3-5,7,9-15,23H2,1-2H3,(H,24,25). The van der Waals surface area contributed by atoms with E-state index in [0.29, 0.717) is 19.1 Å². The summed E-state index contributed by atoms with van der Waals surface area (Å²) in [6, 6.07) is 4.44. The van der Waals surface area contributed by atoms with Crippen LogP contribution in [0.1, 0.15) is 43.4 Å². The van der Waals surface area contributed by atoms with Gasteiger partial charge in [-0.15, -0.1) is 0 Å². The molecule has 7 nitrogen and oxygen atoms in total. The van der Waals surface area contributed by atoms with Crippen LogP contribution >= 0.6 is 0 Å².